The number of aryl methyl sites for hydroxylation is 3. The third-order valence-electron chi connectivity index (χ3n) is 4.47. The van der Waals surface area contributed by atoms with Gasteiger partial charge in [0.25, 0.3) is 0 Å². The van der Waals surface area contributed by atoms with Crippen molar-refractivity contribution >= 4 is 11.7 Å². The summed E-state index contributed by atoms with van der Waals surface area (Å²) in [4.78, 5) is 16.5. The Balaban J connectivity index is 1.32. The van der Waals surface area contributed by atoms with Crippen LogP contribution in [0, 0.1) is 5.92 Å². The molecule has 8 heteroatoms. The highest BCUT2D eigenvalue weighted by Crippen LogP contribution is 2.19. The molecule has 0 saturated carbocycles. The number of rotatable bonds is 5. The standard InChI is InChI=1S/C17H19N7O/c25-17(14-1-2-16-21-19-12-23(16)11-14)20-15-6-10-24(22-15)9-5-13-3-7-18-8-4-13/h3-4,6-8,10,12,14H,1-2,5,9,11H2,(H,20,22,25). The first kappa shape index (κ1) is 15.5. The van der Waals surface area contributed by atoms with Gasteiger partial charge in [-0.1, -0.05) is 0 Å². The second-order valence-corrected chi connectivity index (χ2v) is 6.19. The molecule has 1 atom stereocenters. The molecular formula is C17H19N7O. The Bertz CT molecular complexity index is 855. The number of amides is 1. The average molecular weight is 337 g/mol. The van der Waals surface area contributed by atoms with E-state index in [1.165, 1.54) is 5.56 Å². The zero-order chi connectivity index (χ0) is 17.1. The first-order valence-corrected chi connectivity index (χ1v) is 8.38. The summed E-state index contributed by atoms with van der Waals surface area (Å²) >= 11 is 0. The Hall–Kier alpha value is -3.03. The van der Waals surface area contributed by atoms with E-state index in [0.29, 0.717) is 12.4 Å². The van der Waals surface area contributed by atoms with Gasteiger partial charge in [0.15, 0.2) is 5.82 Å². The van der Waals surface area contributed by atoms with Crippen LogP contribution in [0.25, 0.3) is 0 Å². The average Bonchev–Trinajstić information content (AvgIpc) is 3.29. The van der Waals surface area contributed by atoms with Crippen molar-refractivity contribution in [1.82, 2.24) is 29.5 Å². The highest BCUT2D eigenvalue weighted by molar-refractivity contribution is 5.91. The lowest BCUT2D eigenvalue weighted by Crippen LogP contribution is -2.31. The van der Waals surface area contributed by atoms with Crippen LogP contribution >= 0.6 is 0 Å². The first-order chi connectivity index (χ1) is 12.3. The quantitative estimate of drug-likeness (QED) is 0.758. The number of nitrogens with one attached hydrogen (secondary N) is 1. The minimum absolute atomic E-state index is 0.00117. The number of hydrogen-bond donors (Lipinski definition) is 1. The summed E-state index contributed by atoms with van der Waals surface area (Å²) in [5.74, 6) is 1.46. The molecule has 0 aliphatic carbocycles. The van der Waals surface area contributed by atoms with Gasteiger partial charge in [-0.15, -0.1) is 10.2 Å². The van der Waals surface area contributed by atoms with Gasteiger partial charge in [0.2, 0.25) is 5.91 Å². The molecule has 4 heterocycles. The van der Waals surface area contributed by atoms with Crippen LogP contribution < -0.4 is 5.32 Å². The molecule has 3 aromatic heterocycles. The fourth-order valence-electron chi connectivity index (χ4n) is 3.05. The van der Waals surface area contributed by atoms with E-state index in [1.807, 2.05) is 33.6 Å². The van der Waals surface area contributed by atoms with Crippen molar-refractivity contribution in [1.29, 1.82) is 0 Å². The van der Waals surface area contributed by atoms with Gasteiger partial charge >= 0.3 is 0 Å². The van der Waals surface area contributed by atoms with Gasteiger partial charge in [-0.05, 0) is 30.5 Å². The molecule has 0 saturated heterocycles. The smallest absolute Gasteiger partial charge is 0.230 e. The summed E-state index contributed by atoms with van der Waals surface area (Å²) in [5, 5.41) is 15.3. The SMILES string of the molecule is O=C(Nc1ccn(CCc2ccncc2)n1)C1CCc2nncn2C1. The molecule has 0 radical (unpaired) electrons. The molecule has 0 bridgehead atoms. The van der Waals surface area contributed by atoms with E-state index < -0.39 is 0 Å². The lowest BCUT2D eigenvalue weighted by molar-refractivity contribution is -0.120. The predicted molar refractivity (Wildman–Crippen MR) is 90.6 cm³/mol. The molecule has 128 valence electrons. The highest BCUT2D eigenvalue weighted by atomic mass is 16.2. The zero-order valence-corrected chi connectivity index (χ0v) is 13.7. The molecule has 3 aromatic rings. The minimum atomic E-state index is -0.0783. The molecule has 8 nitrogen and oxygen atoms in total. The Morgan fingerprint density at radius 2 is 2.16 bits per heavy atom. The third kappa shape index (κ3) is 3.57. The van der Waals surface area contributed by atoms with Crippen LogP contribution in [0.3, 0.4) is 0 Å². The summed E-state index contributed by atoms with van der Waals surface area (Å²) in [5.41, 5.74) is 1.21. The minimum Gasteiger partial charge on any atom is -0.317 e. The lowest BCUT2D eigenvalue weighted by atomic mass is 9.98. The number of nitrogens with zero attached hydrogens (tertiary/aromatic N) is 6. The Morgan fingerprint density at radius 3 is 3.04 bits per heavy atom. The van der Waals surface area contributed by atoms with Gasteiger partial charge in [0, 0.05) is 44.2 Å². The van der Waals surface area contributed by atoms with E-state index in [0.717, 1.165) is 31.6 Å². The fourth-order valence-corrected chi connectivity index (χ4v) is 3.05. The monoisotopic (exact) mass is 337 g/mol. The molecule has 0 spiro atoms. The maximum atomic E-state index is 12.5. The van der Waals surface area contributed by atoms with Gasteiger partial charge in [0.05, 0.1) is 5.92 Å². The fraction of sp³-hybridized carbons (Fsp3) is 0.353. The summed E-state index contributed by atoms with van der Waals surface area (Å²) in [6.07, 6.45) is 9.57. The molecule has 1 amide bonds. The van der Waals surface area contributed by atoms with Crippen molar-refractivity contribution in [3.8, 4) is 0 Å². The number of pyridine rings is 1. The van der Waals surface area contributed by atoms with Crippen LogP contribution in [-0.2, 0) is 30.7 Å². The molecule has 4 rings (SSSR count). The van der Waals surface area contributed by atoms with Crippen molar-refractivity contribution in [3.05, 3.63) is 54.5 Å². The van der Waals surface area contributed by atoms with Crippen LogP contribution in [0.5, 0.6) is 0 Å². The van der Waals surface area contributed by atoms with Gasteiger partial charge in [0.1, 0.15) is 12.2 Å². The highest BCUT2D eigenvalue weighted by Gasteiger charge is 2.25. The number of fused-ring (bicyclic) bond motifs is 1. The first-order valence-electron chi connectivity index (χ1n) is 8.38. The third-order valence-corrected chi connectivity index (χ3v) is 4.47. The normalized spacial score (nSPS) is 16.4. The summed E-state index contributed by atoms with van der Waals surface area (Å²) in [7, 11) is 0. The lowest BCUT2D eigenvalue weighted by Gasteiger charge is -2.21. The number of carbonyl (C=O) groups is 1. The van der Waals surface area contributed by atoms with Gasteiger partial charge in [-0.25, -0.2) is 0 Å². The number of hydrogen-bond acceptors (Lipinski definition) is 5. The molecular weight excluding hydrogens is 318 g/mol. The van der Waals surface area contributed by atoms with Crippen molar-refractivity contribution in [3.63, 3.8) is 0 Å². The maximum absolute atomic E-state index is 12.5. The van der Waals surface area contributed by atoms with E-state index in [9.17, 15) is 4.79 Å². The van der Waals surface area contributed by atoms with Crippen LogP contribution in [-0.4, -0.2) is 35.4 Å². The van der Waals surface area contributed by atoms with E-state index in [4.69, 9.17) is 0 Å². The second-order valence-electron chi connectivity index (χ2n) is 6.19. The number of aromatic nitrogens is 6. The van der Waals surface area contributed by atoms with Crippen LogP contribution in [0.2, 0.25) is 0 Å². The van der Waals surface area contributed by atoms with Crippen molar-refractivity contribution in [2.24, 2.45) is 5.92 Å². The largest absolute Gasteiger partial charge is 0.317 e. The van der Waals surface area contributed by atoms with Crippen LogP contribution in [0.15, 0.2) is 43.1 Å². The van der Waals surface area contributed by atoms with Gasteiger partial charge in [-0.2, -0.15) is 5.10 Å². The number of anilines is 1. The molecule has 25 heavy (non-hydrogen) atoms. The number of carbonyl (C=O) groups excluding carboxylic acids is 1. The molecule has 1 N–H and O–H groups in total. The van der Waals surface area contributed by atoms with Crippen molar-refractivity contribution in [2.75, 3.05) is 5.32 Å². The molecule has 0 aromatic carbocycles. The second kappa shape index (κ2) is 6.84. The van der Waals surface area contributed by atoms with E-state index in [1.54, 1.807) is 18.7 Å². The molecule has 0 fully saturated rings. The molecule has 1 unspecified atom stereocenters. The van der Waals surface area contributed by atoms with Gasteiger partial charge in [-0.3, -0.25) is 14.5 Å². The topological polar surface area (TPSA) is 90.5 Å². The van der Waals surface area contributed by atoms with Crippen molar-refractivity contribution in [2.45, 2.75) is 32.4 Å². The molecule has 1 aliphatic rings. The zero-order valence-electron chi connectivity index (χ0n) is 13.7. The molecule has 1 aliphatic heterocycles. The summed E-state index contributed by atoms with van der Waals surface area (Å²) in [6.45, 7) is 1.38. The van der Waals surface area contributed by atoms with Crippen LogP contribution in [0.4, 0.5) is 5.82 Å². The van der Waals surface area contributed by atoms with E-state index >= 15 is 0 Å². The summed E-state index contributed by atoms with van der Waals surface area (Å²) < 4.78 is 3.79. The van der Waals surface area contributed by atoms with Crippen LogP contribution in [0.1, 0.15) is 17.8 Å². The predicted octanol–water partition coefficient (Wildman–Crippen LogP) is 1.31. The maximum Gasteiger partial charge on any atom is 0.230 e. The van der Waals surface area contributed by atoms with Crippen molar-refractivity contribution < 1.29 is 4.79 Å². The Kier molecular flexibility index (Phi) is 4.24. The Labute approximate surface area is 144 Å². The Morgan fingerprint density at radius 1 is 1.28 bits per heavy atom. The summed E-state index contributed by atoms with van der Waals surface area (Å²) in [6, 6.07) is 5.82. The van der Waals surface area contributed by atoms with Gasteiger partial charge < -0.3 is 9.88 Å². The van der Waals surface area contributed by atoms with E-state index in [2.05, 4.69) is 25.6 Å². The van der Waals surface area contributed by atoms with E-state index in [-0.39, 0.29) is 11.8 Å².